The normalized spacial score (nSPS) is 21.2. The van der Waals surface area contributed by atoms with Gasteiger partial charge in [0.15, 0.2) is 5.76 Å². The van der Waals surface area contributed by atoms with Gasteiger partial charge in [0.05, 0.1) is 18.3 Å². The number of aromatic nitrogens is 4. The summed E-state index contributed by atoms with van der Waals surface area (Å²) in [6.07, 6.45) is 5.62. The van der Waals surface area contributed by atoms with E-state index in [0.29, 0.717) is 25.4 Å². The monoisotopic (exact) mass is 353 g/mol. The van der Waals surface area contributed by atoms with Crippen molar-refractivity contribution in [3.63, 3.8) is 0 Å². The van der Waals surface area contributed by atoms with Crippen LogP contribution in [0.1, 0.15) is 24.6 Å². The average molecular weight is 353 g/mol. The Bertz CT molecular complexity index is 860. The number of piperidine rings is 1. The maximum atomic E-state index is 11.0. The summed E-state index contributed by atoms with van der Waals surface area (Å²) in [5.74, 6) is 2.25. The van der Waals surface area contributed by atoms with Gasteiger partial charge < -0.3 is 14.1 Å². The molecule has 0 spiro atoms. The molecule has 26 heavy (non-hydrogen) atoms. The zero-order valence-electron chi connectivity index (χ0n) is 14.9. The number of oxazole rings is 1. The van der Waals surface area contributed by atoms with E-state index in [2.05, 4.69) is 20.1 Å². The molecule has 1 unspecified atom stereocenters. The predicted octanol–water partition coefficient (Wildman–Crippen LogP) is 2.04. The first kappa shape index (κ1) is 16.9. The zero-order chi connectivity index (χ0) is 18.0. The van der Waals surface area contributed by atoms with E-state index < -0.39 is 5.60 Å². The molecule has 1 aromatic carbocycles. The molecule has 0 saturated carbocycles. The summed E-state index contributed by atoms with van der Waals surface area (Å²) >= 11 is 0. The molecule has 1 fully saturated rings. The Morgan fingerprint density at radius 2 is 2.12 bits per heavy atom. The number of likely N-dealkylation sites (tertiary alicyclic amines) is 1. The lowest BCUT2D eigenvalue weighted by Gasteiger charge is -2.38. The summed E-state index contributed by atoms with van der Waals surface area (Å²) in [4.78, 5) is 6.60. The van der Waals surface area contributed by atoms with Gasteiger partial charge in [0, 0.05) is 25.6 Å². The molecule has 1 N–H and O–H groups in total. The van der Waals surface area contributed by atoms with Crippen LogP contribution in [0, 0.1) is 0 Å². The van der Waals surface area contributed by atoms with Crippen molar-refractivity contribution in [3.8, 4) is 11.3 Å². The van der Waals surface area contributed by atoms with E-state index >= 15 is 0 Å². The first-order chi connectivity index (χ1) is 12.6. The third-order valence-electron chi connectivity index (χ3n) is 4.90. The summed E-state index contributed by atoms with van der Waals surface area (Å²) in [7, 11) is 1.90. The third-order valence-corrected chi connectivity index (χ3v) is 4.90. The first-order valence-electron chi connectivity index (χ1n) is 8.89. The first-order valence-corrected chi connectivity index (χ1v) is 8.89. The fraction of sp³-hybridized carbons (Fsp3) is 0.421. The Morgan fingerprint density at radius 3 is 2.88 bits per heavy atom. The number of hydrogen-bond donors (Lipinski definition) is 1. The topological polar surface area (TPSA) is 80.2 Å². The Hall–Kier alpha value is -2.51. The summed E-state index contributed by atoms with van der Waals surface area (Å²) in [5.41, 5.74) is 0.220. The molecule has 1 aliphatic rings. The molecule has 3 heterocycles. The van der Waals surface area contributed by atoms with E-state index in [-0.39, 0.29) is 0 Å². The van der Waals surface area contributed by atoms with E-state index in [1.54, 1.807) is 12.5 Å². The Kier molecular flexibility index (Phi) is 4.57. The standard InChI is InChI=1S/C19H23N5O2/c1-23-14-21-22-17(23)10-19(25)8-5-9-24(13-19)12-18-20-11-16(26-18)15-6-3-2-4-7-15/h2-4,6-7,11,14,25H,5,8-10,12-13H2,1H3. The van der Waals surface area contributed by atoms with Crippen molar-refractivity contribution in [3.05, 3.63) is 54.6 Å². The molecular formula is C19H23N5O2. The number of benzene rings is 1. The van der Waals surface area contributed by atoms with Gasteiger partial charge >= 0.3 is 0 Å². The third kappa shape index (κ3) is 3.68. The van der Waals surface area contributed by atoms with Crippen LogP contribution in [0.25, 0.3) is 11.3 Å². The van der Waals surface area contributed by atoms with Crippen molar-refractivity contribution in [2.24, 2.45) is 7.05 Å². The molecular weight excluding hydrogens is 330 g/mol. The molecule has 0 bridgehead atoms. The van der Waals surface area contributed by atoms with E-state index in [1.165, 1.54) is 0 Å². The lowest BCUT2D eigenvalue weighted by Crippen LogP contribution is -2.49. The van der Waals surface area contributed by atoms with Crippen LogP contribution in [-0.2, 0) is 20.0 Å². The molecule has 7 heteroatoms. The molecule has 1 atom stereocenters. The minimum absolute atomic E-state index is 0.501. The van der Waals surface area contributed by atoms with Gasteiger partial charge in [0.1, 0.15) is 12.2 Å². The van der Waals surface area contributed by atoms with E-state index in [4.69, 9.17) is 4.42 Å². The van der Waals surface area contributed by atoms with Gasteiger partial charge in [-0.3, -0.25) is 4.90 Å². The molecule has 1 saturated heterocycles. The lowest BCUT2D eigenvalue weighted by atomic mass is 9.89. The van der Waals surface area contributed by atoms with Gasteiger partial charge in [0.25, 0.3) is 0 Å². The Balaban J connectivity index is 1.42. The molecule has 0 aliphatic carbocycles. The number of aryl methyl sites for hydroxylation is 1. The van der Waals surface area contributed by atoms with Gasteiger partial charge in [-0.25, -0.2) is 4.98 Å². The van der Waals surface area contributed by atoms with Crippen LogP contribution in [-0.4, -0.2) is 48.4 Å². The van der Waals surface area contributed by atoms with Crippen molar-refractivity contribution in [1.82, 2.24) is 24.6 Å². The SMILES string of the molecule is Cn1cnnc1CC1(O)CCCN(Cc2ncc(-c3ccccc3)o2)C1. The fourth-order valence-corrected chi connectivity index (χ4v) is 3.56. The summed E-state index contributed by atoms with van der Waals surface area (Å²) < 4.78 is 7.76. The number of nitrogens with zero attached hydrogens (tertiary/aromatic N) is 5. The number of rotatable bonds is 5. The predicted molar refractivity (Wildman–Crippen MR) is 96.1 cm³/mol. The van der Waals surface area contributed by atoms with Gasteiger partial charge in [-0.1, -0.05) is 30.3 Å². The van der Waals surface area contributed by atoms with Crippen LogP contribution >= 0.6 is 0 Å². The molecule has 3 aromatic rings. The van der Waals surface area contributed by atoms with Crippen LogP contribution < -0.4 is 0 Å². The second-order valence-electron chi connectivity index (χ2n) is 7.06. The smallest absolute Gasteiger partial charge is 0.209 e. The lowest BCUT2D eigenvalue weighted by molar-refractivity contribution is -0.0363. The average Bonchev–Trinajstić information content (AvgIpc) is 3.25. The van der Waals surface area contributed by atoms with Crippen LogP contribution in [0.3, 0.4) is 0 Å². The van der Waals surface area contributed by atoms with E-state index in [9.17, 15) is 5.11 Å². The van der Waals surface area contributed by atoms with Gasteiger partial charge in [-0.2, -0.15) is 0 Å². The molecule has 7 nitrogen and oxygen atoms in total. The highest BCUT2D eigenvalue weighted by Crippen LogP contribution is 2.26. The van der Waals surface area contributed by atoms with Gasteiger partial charge in [-0.05, 0) is 19.4 Å². The van der Waals surface area contributed by atoms with Crippen molar-refractivity contribution < 1.29 is 9.52 Å². The van der Waals surface area contributed by atoms with Crippen LogP contribution in [0.2, 0.25) is 0 Å². The van der Waals surface area contributed by atoms with Crippen LogP contribution in [0.15, 0.2) is 47.3 Å². The van der Waals surface area contributed by atoms with E-state index in [1.807, 2.05) is 41.9 Å². The Morgan fingerprint density at radius 1 is 1.27 bits per heavy atom. The highest BCUT2D eigenvalue weighted by atomic mass is 16.4. The van der Waals surface area contributed by atoms with Crippen molar-refractivity contribution >= 4 is 0 Å². The van der Waals surface area contributed by atoms with Gasteiger partial charge in [0.2, 0.25) is 5.89 Å². The van der Waals surface area contributed by atoms with Crippen molar-refractivity contribution in [2.45, 2.75) is 31.4 Å². The number of β-amino-alcohol motifs (C(OH)–C–C–N with tert-alkyl or cyclic N) is 1. The zero-order valence-corrected chi connectivity index (χ0v) is 14.9. The fourth-order valence-electron chi connectivity index (χ4n) is 3.56. The quantitative estimate of drug-likeness (QED) is 0.756. The van der Waals surface area contributed by atoms with Crippen LogP contribution in [0.4, 0.5) is 0 Å². The maximum Gasteiger partial charge on any atom is 0.209 e. The largest absolute Gasteiger partial charge is 0.439 e. The second-order valence-corrected chi connectivity index (χ2v) is 7.06. The molecule has 4 rings (SSSR count). The molecule has 136 valence electrons. The highest BCUT2D eigenvalue weighted by Gasteiger charge is 2.35. The second kappa shape index (κ2) is 7.01. The summed E-state index contributed by atoms with van der Waals surface area (Å²) in [5, 5.41) is 19.0. The van der Waals surface area contributed by atoms with Crippen LogP contribution in [0.5, 0.6) is 0 Å². The number of aliphatic hydroxyl groups is 1. The van der Waals surface area contributed by atoms with Crippen molar-refractivity contribution in [2.75, 3.05) is 13.1 Å². The van der Waals surface area contributed by atoms with E-state index in [0.717, 1.165) is 36.5 Å². The molecule has 0 amide bonds. The summed E-state index contributed by atoms with van der Waals surface area (Å²) in [6, 6.07) is 9.95. The van der Waals surface area contributed by atoms with Crippen molar-refractivity contribution in [1.29, 1.82) is 0 Å². The molecule has 0 radical (unpaired) electrons. The number of hydrogen-bond acceptors (Lipinski definition) is 6. The summed E-state index contributed by atoms with van der Waals surface area (Å²) in [6.45, 7) is 2.08. The highest BCUT2D eigenvalue weighted by molar-refractivity contribution is 5.55. The minimum Gasteiger partial charge on any atom is -0.439 e. The molecule has 1 aliphatic heterocycles. The minimum atomic E-state index is -0.798. The van der Waals surface area contributed by atoms with Gasteiger partial charge in [-0.15, -0.1) is 10.2 Å². The Labute approximate surface area is 152 Å². The maximum absolute atomic E-state index is 11.0. The molecule has 2 aromatic heterocycles.